The smallest absolute Gasteiger partial charge is 0.135 e. The normalized spacial score (nSPS) is 13.2. The van der Waals surface area contributed by atoms with Crippen LogP contribution < -0.4 is 0 Å². The first-order valence-electron chi connectivity index (χ1n) is 16.3. The predicted molar refractivity (Wildman–Crippen MR) is 195 cm³/mol. The van der Waals surface area contributed by atoms with E-state index in [0.29, 0.717) is 0 Å². The van der Waals surface area contributed by atoms with Crippen molar-refractivity contribution in [3.63, 3.8) is 0 Å². The average Bonchev–Trinajstić information content (AvgIpc) is 3.68. The summed E-state index contributed by atoms with van der Waals surface area (Å²) in [7, 11) is 0. The fourth-order valence-electron chi connectivity index (χ4n) is 7.86. The second kappa shape index (κ2) is 10.3. The molecule has 0 aliphatic heterocycles. The monoisotopic (exact) mass is 612 g/mol. The van der Waals surface area contributed by atoms with Crippen molar-refractivity contribution in [1.29, 1.82) is 0 Å². The summed E-state index contributed by atoms with van der Waals surface area (Å²) in [5.41, 5.74) is 14.3. The molecule has 1 aliphatic carbocycles. The van der Waals surface area contributed by atoms with Gasteiger partial charge in [0.05, 0.1) is 27.8 Å². The standard InChI is InChI=1S/C45H28N2O/c1-2-12-29(13-3-1)43-44(47-40-20-10-9-19-39(40)46-43)30-22-24-31(25-23-30)45(37-17-7-4-14-33(37)34-15-5-8-18-38(34)45)32-26-27-36-35-16-6-11-21-41(35)48-42(36)28-32/h1-28H. The van der Waals surface area contributed by atoms with Crippen molar-refractivity contribution in [3.05, 3.63) is 192 Å². The largest absolute Gasteiger partial charge is 0.456 e. The first-order valence-corrected chi connectivity index (χ1v) is 16.3. The lowest BCUT2D eigenvalue weighted by Gasteiger charge is -2.34. The molecule has 0 amide bonds. The first-order chi connectivity index (χ1) is 23.8. The maximum atomic E-state index is 6.46. The van der Waals surface area contributed by atoms with E-state index in [2.05, 4.69) is 127 Å². The summed E-state index contributed by atoms with van der Waals surface area (Å²) in [4.78, 5) is 10.3. The molecule has 224 valence electrons. The molecule has 0 spiro atoms. The van der Waals surface area contributed by atoms with Crippen LogP contribution in [0.1, 0.15) is 22.3 Å². The Labute approximate surface area is 277 Å². The second-order valence-electron chi connectivity index (χ2n) is 12.5. The lowest BCUT2D eigenvalue weighted by molar-refractivity contribution is 0.665. The Morgan fingerprint density at radius 2 is 0.917 bits per heavy atom. The molecule has 0 saturated carbocycles. The van der Waals surface area contributed by atoms with Gasteiger partial charge in [0.15, 0.2) is 0 Å². The van der Waals surface area contributed by atoms with Gasteiger partial charge >= 0.3 is 0 Å². The van der Waals surface area contributed by atoms with Crippen LogP contribution in [-0.4, -0.2) is 9.97 Å². The van der Waals surface area contributed by atoms with Crippen LogP contribution in [0.3, 0.4) is 0 Å². The van der Waals surface area contributed by atoms with E-state index < -0.39 is 5.41 Å². The maximum absolute atomic E-state index is 6.46. The molecule has 0 N–H and O–H groups in total. The molecule has 0 fully saturated rings. The van der Waals surface area contributed by atoms with E-state index in [1.165, 1.54) is 33.4 Å². The number of aromatic nitrogens is 2. The molecular formula is C45H28N2O. The quantitative estimate of drug-likeness (QED) is 0.198. The van der Waals surface area contributed by atoms with Crippen molar-refractivity contribution in [1.82, 2.24) is 9.97 Å². The van der Waals surface area contributed by atoms with Crippen molar-refractivity contribution in [2.75, 3.05) is 0 Å². The van der Waals surface area contributed by atoms with Gasteiger partial charge in [-0.1, -0.05) is 146 Å². The van der Waals surface area contributed by atoms with Crippen LogP contribution >= 0.6 is 0 Å². The molecule has 3 heteroatoms. The van der Waals surface area contributed by atoms with Gasteiger partial charge in [0.1, 0.15) is 11.2 Å². The molecule has 2 aromatic heterocycles. The Bertz CT molecular complexity index is 2630. The minimum atomic E-state index is -0.545. The lowest BCUT2D eigenvalue weighted by Crippen LogP contribution is -2.28. The van der Waals surface area contributed by atoms with Crippen molar-refractivity contribution in [3.8, 4) is 33.6 Å². The van der Waals surface area contributed by atoms with Gasteiger partial charge in [0.25, 0.3) is 0 Å². The highest BCUT2D eigenvalue weighted by molar-refractivity contribution is 6.05. The summed E-state index contributed by atoms with van der Waals surface area (Å²) in [6, 6.07) is 60.1. The minimum Gasteiger partial charge on any atom is -0.456 e. The molecule has 9 aromatic rings. The second-order valence-corrected chi connectivity index (χ2v) is 12.5. The van der Waals surface area contributed by atoms with Crippen molar-refractivity contribution < 1.29 is 4.42 Å². The molecule has 48 heavy (non-hydrogen) atoms. The molecule has 0 bridgehead atoms. The third-order valence-corrected chi connectivity index (χ3v) is 9.97. The summed E-state index contributed by atoms with van der Waals surface area (Å²) in [6.07, 6.45) is 0. The number of fused-ring (bicyclic) bond motifs is 7. The summed E-state index contributed by atoms with van der Waals surface area (Å²) < 4.78 is 6.46. The average molecular weight is 613 g/mol. The molecule has 10 rings (SSSR count). The van der Waals surface area contributed by atoms with E-state index in [0.717, 1.165) is 55.5 Å². The number of furan rings is 1. The van der Waals surface area contributed by atoms with Gasteiger partial charge in [-0.3, -0.25) is 0 Å². The van der Waals surface area contributed by atoms with Crippen LogP contribution in [0.15, 0.2) is 174 Å². The number of benzene rings is 7. The van der Waals surface area contributed by atoms with Gasteiger partial charge in [0, 0.05) is 21.9 Å². The van der Waals surface area contributed by atoms with Gasteiger partial charge in [-0.25, -0.2) is 9.97 Å². The van der Waals surface area contributed by atoms with Crippen LogP contribution in [0.5, 0.6) is 0 Å². The number of nitrogens with zero attached hydrogens (tertiary/aromatic N) is 2. The third kappa shape index (κ3) is 3.82. The third-order valence-electron chi connectivity index (χ3n) is 9.97. The van der Waals surface area contributed by atoms with Crippen LogP contribution in [0.2, 0.25) is 0 Å². The highest BCUT2D eigenvalue weighted by atomic mass is 16.3. The molecule has 0 atom stereocenters. The summed E-state index contributed by atoms with van der Waals surface area (Å²) in [6.45, 7) is 0. The van der Waals surface area contributed by atoms with Gasteiger partial charge in [0.2, 0.25) is 0 Å². The van der Waals surface area contributed by atoms with E-state index in [1.54, 1.807) is 0 Å². The number of hydrogen-bond donors (Lipinski definition) is 0. The van der Waals surface area contributed by atoms with Crippen molar-refractivity contribution >= 4 is 33.0 Å². The lowest BCUT2D eigenvalue weighted by atomic mass is 9.67. The first kappa shape index (κ1) is 26.9. The molecule has 3 nitrogen and oxygen atoms in total. The molecule has 0 radical (unpaired) electrons. The van der Waals surface area contributed by atoms with Gasteiger partial charge < -0.3 is 4.42 Å². The Morgan fingerprint density at radius 1 is 0.396 bits per heavy atom. The van der Waals surface area contributed by atoms with Crippen LogP contribution in [0, 0.1) is 0 Å². The zero-order valence-corrected chi connectivity index (χ0v) is 26.0. The summed E-state index contributed by atoms with van der Waals surface area (Å²) >= 11 is 0. The fourth-order valence-corrected chi connectivity index (χ4v) is 7.86. The minimum absolute atomic E-state index is 0.545. The van der Waals surface area contributed by atoms with E-state index in [-0.39, 0.29) is 0 Å². The topological polar surface area (TPSA) is 38.9 Å². The SMILES string of the molecule is c1ccc(-c2nc3ccccc3nc2-c2ccc(C3(c4ccc5c(c4)oc4ccccc45)c4ccccc4-c4ccccc43)cc2)cc1. The van der Waals surface area contributed by atoms with Gasteiger partial charge in [-0.15, -0.1) is 0 Å². The Kier molecular flexibility index (Phi) is 5.79. The Morgan fingerprint density at radius 3 is 1.60 bits per heavy atom. The van der Waals surface area contributed by atoms with E-state index in [1.807, 2.05) is 42.5 Å². The van der Waals surface area contributed by atoms with Gasteiger partial charge in [-0.2, -0.15) is 0 Å². The molecule has 2 heterocycles. The number of rotatable bonds is 4. The van der Waals surface area contributed by atoms with Crippen molar-refractivity contribution in [2.45, 2.75) is 5.41 Å². The predicted octanol–water partition coefficient (Wildman–Crippen LogP) is 11.2. The Balaban J connectivity index is 1.22. The molecule has 0 saturated heterocycles. The molecule has 0 unspecified atom stereocenters. The summed E-state index contributed by atoms with van der Waals surface area (Å²) in [5, 5.41) is 2.26. The highest BCUT2D eigenvalue weighted by Crippen LogP contribution is 2.56. The van der Waals surface area contributed by atoms with E-state index in [9.17, 15) is 0 Å². The van der Waals surface area contributed by atoms with Gasteiger partial charge in [-0.05, 0) is 57.6 Å². The van der Waals surface area contributed by atoms with Crippen LogP contribution in [-0.2, 0) is 5.41 Å². The van der Waals surface area contributed by atoms with Crippen LogP contribution in [0.4, 0.5) is 0 Å². The van der Waals surface area contributed by atoms with E-state index in [4.69, 9.17) is 14.4 Å². The van der Waals surface area contributed by atoms with E-state index >= 15 is 0 Å². The zero-order chi connectivity index (χ0) is 31.7. The highest BCUT2D eigenvalue weighted by Gasteiger charge is 2.46. The zero-order valence-electron chi connectivity index (χ0n) is 26.0. The van der Waals surface area contributed by atoms with Crippen molar-refractivity contribution in [2.24, 2.45) is 0 Å². The van der Waals surface area contributed by atoms with Crippen LogP contribution in [0.25, 0.3) is 66.6 Å². The fraction of sp³-hybridized carbons (Fsp3) is 0.0222. The number of hydrogen-bond acceptors (Lipinski definition) is 3. The molecule has 7 aromatic carbocycles. The molecule has 1 aliphatic rings. The Hall–Kier alpha value is -6.32. The number of para-hydroxylation sites is 3. The summed E-state index contributed by atoms with van der Waals surface area (Å²) in [5.74, 6) is 0. The maximum Gasteiger partial charge on any atom is 0.135 e. The molecular weight excluding hydrogens is 585 g/mol.